The minimum absolute atomic E-state index is 0.158. The topological polar surface area (TPSA) is 92.7 Å². The number of aromatic amines is 1. The quantitative estimate of drug-likeness (QED) is 0.758. The molecule has 128 valence electrons. The van der Waals surface area contributed by atoms with Gasteiger partial charge in [-0.05, 0) is 37.6 Å². The Morgan fingerprint density at radius 2 is 2.00 bits per heavy atom. The van der Waals surface area contributed by atoms with Crippen LogP contribution in [0.2, 0.25) is 0 Å². The fraction of sp³-hybridized carbons (Fsp3) is 0.222. The Labute approximate surface area is 144 Å². The number of rotatable bonds is 4. The smallest absolute Gasteiger partial charge is 0.255 e. The molecule has 1 amide bonds. The summed E-state index contributed by atoms with van der Waals surface area (Å²) in [6.07, 6.45) is 4.97. The molecule has 7 nitrogen and oxygen atoms in total. The minimum Gasteiger partial charge on any atom is -0.348 e. The highest BCUT2D eigenvalue weighted by Crippen LogP contribution is 2.21. The van der Waals surface area contributed by atoms with Crippen LogP contribution in [0, 0.1) is 13.8 Å². The van der Waals surface area contributed by atoms with E-state index in [0.717, 1.165) is 16.8 Å². The molecule has 0 saturated heterocycles. The summed E-state index contributed by atoms with van der Waals surface area (Å²) in [7, 11) is 1.76. The van der Waals surface area contributed by atoms with Crippen molar-refractivity contribution in [3.8, 4) is 11.3 Å². The zero-order valence-electron chi connectivity index (χ0n) is 14.3. The van der Waals surface area contributed by atoms with E-state index in [4.69, 9.17) is 0 Å². The fourth-order valence-electron chi connectivity index (χ4n) is 2.74. The van der Waals surface area contributed by atoms with Crippen LogP contribution >= 0.6 is 0 Å². The lowest BCUT2D eigenvalue weighted by Gasteiger charge is -2.08. The van der Waals surface area contributed by atoms with E-state index in [1.165, 1.54) is 0 Å². The number of nitrogens with zero attached hydrogens (tertiary/aromatic N) is 3. The summed E-state index contributed by atoms with van der Waals surface area (Å²) >= 11 is 0. The molecule has 3 aromatic heterocycles. The van der Waals surface area contributed by atoms with Crippen LogP contribution in [0.25, 0.3) is 11.3 Å². The molecule has 25 heavy (non-hydrogen) atoms. The third-order valence-electron chi connectivity index (χ3n) is 3.95. The minimum atomic E-state index is -0.278. The van der Waals surface area contributed by atoms with Crippen LogP contribution in [-0.4, -0.2) is 25.7 Å². The van der Waals surface area contributed by atoms with Crippen molar-refractivity contribution >= 4 is 5.91 Å². The van der Waals surface area contributed by atoms with E-state index in [1.807, 2.05) is 19.9 Å². The number of nitrogens with one attached hydrogen (secondary N) is 2. The monoisotopic (exact) mass is 337 g/mol. The number of carbonyl (C=O) groups is 1. The summed E-state index contributed by atoms with van der Waals surface area (Å²) in [4.78, 5) is 31.4. The molecule has 0 aliphatic rings. The van der Waals surface area contributed by atoms with Gasteiger partial charge in [-0.2, -0.15) is 5.10 Å². The Bertz CT molecular complexity index is 973. The molecule has 3 heterocycles. The van der Waals surface area contributed by atoms with Crippen molar-refractivity contribution in [3.05, 3.63) is 69.5 Å². The highest BCUT2D eigenvalue weighted by Gasteiger charge is 2.17. The molecule has 0 aromatic carbocycles. The van der Waals surface area contributed by atoms with Crippen molar-refractivity contribution in [2.45, 2.75) is 20.4 Å². The molecule has 0 saturated carbocycles. The highest BCUT2D eigenvalue weighted by atomic mass is 16.2. The van der Waals surface area contributed by atoms with Crippen LogP contribution in [0.1, 0.15) is 27.2 Å². The molecule has 0 atom stereocenters. The van der Waals surface area contributed by atoms with E-state index < -0.39 is 0 Å². The predicted octanol–water partition coefficient (Wildman–Crippen LogP) is 1.72. The van der Waals surface area contributed by atoms with E-state index in [0.29, 0.717) is 16.8 Å². The van der Waals surface area contributed by atoms with Crippen molar-refractivity contribution < 1.29 is 4.79 Å². The van der Waals surface area contributed by atoms with Crippen LogP contribution in [0.4, 0.5) is 0 Å². The van der Waals surface area contributed by atoms with Gasteiger partial charge in [-0.15, -0.1) is 0 Å². The summed E-state index contributed by atoms with van der Waals surface area (Å²) in [5, 5.41) is 7.18. The molecular weight excluding hydrogens is 318 g/mol. The van der Waals surface area contributed by atoms with Gasteiger partial charge in [-0.25, -0.2) is 0 Å². The average molecular weight is 337 g/mol. The second-order valence-electron chi connectivity index (χ2n) is 5.93. The number of amides is 1. The molecule has 0 bridgehead atoms. The van der Waals surface area contributed by atoms with E-state index in [9.17, 15) is 9.59 Å². The van der Waals surface area contributed by atoms with Crippen LogP contribution in [-0.2, 0) is 13.6 Å². The summed E-state index contributed by atoms with van der Waals surface area (Å²) in [5.41, 5.74) is 3.86. The van der Waals surface area contributed by atoms with Crippen LogP contribution in [0.5, 0.6) is 0 Å². The van der Waals surface area contributed by atoms with Gasteiger partial charge in [0.1, 0.15) is 5.69 Å². The molecule has 0 spiro atoms. The zero-order chi connectivity index (χ0) is 18.0. The fourth-order valence-corrected chi connectivity index (χ4v) is 2.74. The van der Waals surface area contributed by atoms with Gasteiger partial charge < -0.3 is 10.3 Å². The Hall–Kier alpha value is -3.22. The maximum atomic E-state index is 12.6. The van der Waals surface area contributed by atoms with E-state index >= 15 is 0 Å². The largest absolute Gasteiger partial charge is 0.348 e. The van der Waals surface area contributed by atoms with Crippen molar-refractivity contribution in [1.82, 2.24) is 25.1 Å². The standard InChI is InChI=1S/C18H19N5O2/c1-11-8-12(2)21-18(25)14(11)9-20-17(24)15-10-23(3)22-16(15)13-4-6-19-7-5-13/h4-8,10H,9H2,1-3H3,(H,20,24)(H,21,25). The van der Waals surface area contributed by atoms with E-state index in [-0.39, 0.29) is 18.0 Å². The molecule has 7 heteroatoms. The first kappa shape index (κ1) is 16.6. The molecule has 2 N–H and O–H groups in total. The zero-order valence-corrected chi connectivity index (χ0v) is 14.3. The second kappa shape index (κ2) is 6.72. The molecule has 3 aromatic rings. The Balaban J connectivity index is 1.85. The number of aromatic nitrogens is 4. The van der Waals surface area contributed by atoms with Crippen LogP contribution in [0.3, 0.4) is 0 Å². The molecule has 0 radical (unpaired) electrons. The summed E-state index contributed by atoms with van der Waals surface area (Å²) in [6, 6.07) is 5.48. The molecule has 3 rings (SSSR count). The average Bonchev–Trinajstić information content (AvgIpc) is 2.96. The Morgan fingerprint density at radius 3 is 2.68 bits per heavy atom. The van der Waals surface area contributed by atoms with Gasteiger partial charge in [0, 0.05) is 49.0 Å². The molecule has 0 unspecified atom stereocenters. The number of aryl methyl sites for hydroxylation is 3. The predicted molar refractivity (Wildman–Crippen MR) is 94.1 cm³/mol. The van der Waals surface area contributed by atoms with Crippen molar-refractivity contribution in [2.75, 3.05) is 0 Å². The lowest BCUT2D eigenvalue weighted by atomic mass is 10.1. The van der Waals surface area contributed by atoms with Crippen LogP contribution in [0.15, 0.2) is 41.6 Å². The number of hydrogen-bond acceptors (Lipinski definition) is 4. The van der Waals surface area contributed by atoms with Crippen molar-refractivity contribution in [2.24, 2.45) is 7.05 Å². The first-order valence-corrected chi connectivity index (χ1v) is 7.87. The second-order valence-corrected chi connectivity index (χ2v) is 5.93. The van der Waals surface area contributed by atoms with Gasteiger partial charge in [0.2, 0.25) is 0 Å². The van der Waals surface area contributed by atoms with Gasteiger partial charge in [-0.3, -0.25) is 19.3 Å². The third-order valence-corrected chi connectivity index (χ3v) is 3.95. The first-order chi connectivity index (χ1) is 12.0. The number of H-pyrrole nitrogens is 1. The van der Waals surface area contributed by atoms with Gasteiger partial charge in [0.15, 0.2) is 0 Å². The van der Waals surface area contributed by atoms with Gasteiger partial charge in [-0.1, -0.05) is 0 Å². The third kappa shape index (κ3) is 3.50. The molecule has 0 aliphatic carbocycles. The molecule has 0 aliphatic heterocycles. The maximum absolute atomic E-state index is 12.6. The van der Waals surface area contributed by atoms with Crippen molar-refractivity contribution in [1.29, 1.82) is 0 Å². The number of carbonyl (C=O) groups excluding carboxylic acids is 1. The normalized spacial score (nSPS) is 10.7. The summed E-state index contributed by atoms with van der Waals surface area (Å²) in [5.74, 6) is -0.278. The number of pyridine rings is 2. The SMILES string of the molecule is Cc1cc(C)c(CNC(=O)c2cn(C)nc2-c2ccncc2)c(=O)[nH]1. The van der Waals surface area contributed by atoms with Gasteiger partial charge in [0.05, 0.1) is 5.56 Å². The van der Waals surface area contributed by atoms with Gasteiger partial charge in [0.25, 0.3) is 11.5 Å². The summed E-state index contributed by atoms with van der Waals surface area (Å²) in [6.45, 7) is 3.84. The molecule has 0 fully saturated rings. The van der Waals surface area contributed by atoms with E-state index in [2.05, 4.69) is 20.4 Å². The lowest BCUT2D eigenvalue weighted by molar-refractivity contribution is 0.0951. The highest BCUT2D eigenvalue weighted by molar-refractivity contribution is 5.99. The van der Waals surface area contributed by atoms with E-state index in [1.54, 1.807) is 42.5 Å². The molecular formula is C18H19N5O2. The van der Waals surface area contributed by atoms with Gasteiger partial charge >= 0.3 is 0 Å². The Kier molecular flexibility index (Phi) is 4.47. The Morgan fingerprint density at radius 1 is 1.28 bits per heavy atom. The summed E-state index contributed by atoms with van der Waals surface area (Å²) < 4.78 is 1.59. The number of hydrogen-bond donors (Lipinski definition) is 2. The maximum Gasteiger partial charge on any atom is 0.255 e. The first-order valence-electron chi connectivity index (χ1n) is 7.87. The lowest BCUT2D eigenvalue weighted by Crippen LogP contribution is -2.28. The van der Waals surface area contributed by atoms with Crippen molar-refractivity contribution in [3.63, 3.8) is 0 Å². The van der Waals surface area contributed by atoms with Crippen LogP contribution < -0.4 is 10.9 Å².